The van der Waals surface area contributed by atoms with E-state index in [9.17, 15) is 9.90 Å². The van der Waals surface area contributed by atoms with Gasteiger partial charge in [0.15, 0.2) is 0 Å². The number of hydrogen-bond donors (Lipinski definition) is 2. The van der Waals surface area contributed by atoms with E-state index < -0.39 is 5.60 Å². The summed E-state index contributed by atoms with van der Waals surface area (Å²) in [5, 5.41) is 12.9. The topological polar surface area (TPSA) is 87.6 Å². The van der Waals surface area contributed by atoms with Crippen LogP contribution in [0, 0.1) is 13.8 Å². The van der Waals surface area contributed by atoms with Crippen molar-refractivity contribution >= 4 is 11.6 Å². The number of benzene rings is 1. The summed E-state index contributed by atoms with van der Waals surface area (Å²) in [6.45, 7) is 7.65. The van der Waals surface area contributed by atoms with E-state index in [0.717, 1.165) is 47.9 Å². The Hall–Kier alpha value is -2.51. The van der Waals surface area contributed by atoms with Crippen LogP contribution in [0.4, 0.5) is 5.69 Å². The molecule has 0 bridgehead atoms. The lowest BCUT2D eigenvalue weighted by Crippen LogP contribution is -2.29. The van der Waals surface area contributed by atoms with E-state index in [1.54, 1.807) is 6.33 Å². The zero-order valence-electron chi connectivity index (χ0n) is 17.1. The van der Waals surface area contributed by atoms with Gasteiger partial charge in [-0.25, -0.2) is 9.97 Å². The van der Waals surface area contributed by atoms with Crippen molar-refractivity contribution in [1.29, 1.82) is 0 Å². The van der Waals surface area contributed by atoms with E-state index in [4.69, 9.17) is 4.74 Å². The van der Waals surface area contributed by atoms with Crippen LogP contribution in [0.2, 0.25) is 0 Å². The molecule has 1 saturated carbocycles. The maximum atomic E-state index is 12.3. The van der Waals surface area contributed by atoms with Gasteiger partial charge in [-0.15, -0.1) is 0 Å². The molecule has 29 heavy (non-hydrogen) atoms. The Balaban J connectivity index is 1.59. The molecule has 2 N–H and O–H groups in total. The summed E-state index contributed by atoms with van der Waals surface area (Å²) in [6, 6.07) is 5.57. The number of aromatic nitrogens is 2. The minimum atomic E-state index is -1.22. The highest BCUT2D eigenvalue weighted by atomic mass is 16.5. The fourth-order valence-electron chi connectivity index (χ4n) is 3.80. The van der Waals surface area contributed by atoms with Gasteiger partial charge in [0.05, 0.1) is 0 Å². The Bertz CT molecular complexity index is 885. The second-order valence-corrected chi connectivity index (χ2v) is 8.01. The van der Waals surface area contributed by atoms with Crippen LogP contribution in [0.15, 0.2) is 24.5 Å². The van der Waals surface area contributed by atoms with Gasteiger partial charge in [-0.05, 0) is 70.8 Å². The summed E-state index contributed by atoms with van der Waals surface area (Å²) in [5.74, 6) is 0.386. The van der Waals surface area contributed by atoms with Crippen LogP contribution in [0.5, 0.6) is 5.75 Å². The van der Waals surface area contributed by atoms with E-state index in [0.29, 0.717) is 25.1 Å². The number of carbonyl (C=O) groups is 1. The number of hydrogen-bond acceptors (Lipinski definition) is 6. The quantitative estimate of drug-likeness (QED) is 0.748. The molecule has 1 aliphatic heterocycles. The Kier molecular flexibility index (Phi) is 5.52. The van der Waals surface area contributed by atoms with Crippen molar-refractivity contribution in [2.24, 2.45) is 0 Å². The predicted molar refractivity (Wildman–Crippen MR) is 111 cm³/mol. The Labute approximate surface area is 171 Å². The number of carbonyl (C=O) groups excluding carboxylic acids is 1. The van der Waals surface area contributed by atoms with Crippen LogP contribution in [-0.4, -0.2) is 57.7 Å². The van der Waals surface area contributed by atoms with Crippen LogP contribution in [0.1, 0.15) is 37.1 Å². The van der Waals surface area contributed by atoms with Gasteiger partial charge in [-0.1, -0.05) is 0 Å². The molecule has 1 aliphatic carbocycles. The molecule has 2 heterocycles. The Morgan fingerprint density at radius 1 is 1.21 bits per heavy atom. The third-order valence-corrected chi connectivity index (χ3v) is 5.74. The summed E-state index contributed by atoms with van der Waals surface area (Å²) >= 11 is 0. The molecular formula is C22H28N4O3. The van der Waals surface area contributed by atoms with Crippen LogP contribution < -0.4 is 10.1 Å². The van der Waals surface area contributed by atoms with Crippen LogP contribution in [0.3, 0.4) is 0 Å². The van der Waals surface area contributed by atoms with E-state index >= 15 is 0 Å². The highest BCUT2D eigenvalue weighted by molar-refractivity contribution is 5.99. The standard InChI is InChI=1S/C22H28N4O3/c1-15-20(16(2)24-14-23-15)18-13-17(25-21(27)22(28)7-8-22)5-6-19(18)29-12-11-26-9-3-4-10-26/h5-6,13-14,28H,3-4,7-12H2,1-2H3,(H,25,27). The first kappa shape index (κ1) is 19.8. The fraction of sp³-hybridized carbons (Fsp3) is 0.500. The van der Waals surface area contributed by atoms with Crippen LogP contribution in [-0.2, 0) is 4.79 Å². The Morgan fingerprint density at radius 2 is 1.90 bits per heavy atom. The van der Waals surface area contributed by atoms with Crippen LogP contribution >= 0.6 is 0 Å². The lowest BCUT2D eigenvalue weighted by atomic mass is 10.0. The molecule has 1 aromatic heterocycles. The third kappa shape index (κ3) is 4.41. The monoisotopic (exact) mass is 396 g/mol. The molecule has 2 aromatic rings. The number of rotatable bonds is 7. The largest absolute Gasteiger partial charge is 0.492 e. The molecule has 0 spiro atoms. The SMILES string of the molecule is Cc1ncnc(C)c1-c1cc(NC(=O)C2(O)CC2)ccc1OCCN1CCCC1. The minimum absolute atomic E-state index is 0.357. The van der Waals surface area contributed by atoms with E-state index in [-0.39, 0.29) is 5.91 Å². The maximum absolute atomic E-state index is 12.3. The molecule has 0 radical (unpaired) electrons. The first-order valence-corrected chi connectivity index (χ1v) is 10.3. The summed E-state index contributed by atoms with van der Waals surface area (Å²) in [7, 11) is 0. The highest BCUT2D eigenvalue weighted by Crippen LogP contribution is 2.38. The number of amides is 1. The molecule has 1 aromatic carbocycles. The van der Waals surface area contributed by atoms with Gasteiger partial charge in [0.2, 0.25) is 0 Å². The van der Waals surface area contributed by atoms with Crippen molar-refractivity contribution < 1.29 is 14.6 Å². The van der Waals surface area contributed by atoms with Crippen molar-refractivity contribution in [1.82, 2.24) is 14.9 Å². The van der Waals surface area contributed by atoms with E-state index in [1.807, 2.05) is 32.0 Å². The molecular weight excluding hydrogens is 368 g/mol. The van der Waals surface area contributed by atoms with Gasteiger partial charge in [0, 0.05) is 34.7 Å². The number of aryl methyl sites for hydroxylation is 2. The normalized spacial score (nSPS) is 17.9. The second-order valence-electron chi connectivity index (χ2n) is 8.01. The van der Waals surface area contributed by atoms with Crippen molar-refractivity contribution in [3.05, 3.63) is 35.9 Å². The summed E-state index contributed by atoms with van der Waals surface area (Å²) in [5.41, 5.74) is 2.87. The molecule has 7 heteroatoms. The molecule has 2 aliphatic rings. The van der Waals surface area contributed by atoms with Gasteiger partial charge < -0.3 is 15.2 Å². The molecule has 0 unspecified atom stereocenters. The lowest BCUT2D eigenvalue weighted by molar-refractivity contribution is -0.125. The summed E-state index contributed by atoms with van der Waals surface area (Å²) in [6.07, 6.45) is 5.08. The lowest BCUT2D eigenvalue weighted by Gasteiger charge is -2.19. The molecule has 7 nitrogen and oxygen atoms in total. The average molecular weight is 396 g/mol. The zero-order valence-corrected chi connectivity index (χ0v) is 17.1. The number of nitrogens with zero attached hydrogens (tertiary/aromatic N) is 3. The average Bonchev–Trinajstić information content (AvgIpc) is 3.23. The molecule has 154 valence electrons. The number of aliphatic hydroxyl groups is 1. The molecule has 1 amide bonds. The number of anilines is 1. The van der Waals surface area contributed by atoms with Crippen molar-refractivity contribution in [2.75, 3.05) is 31.6 Å². The zero-order chi connectivity index (χ0) is 20.4. The predicted octanol–water partition coefficient (Wildman–Crippen LogP) is 2.70. The van der Waals surface area contributed by atoms with Gasteiger partial charge in [-0.2, -0.15) is 0 Å². The highest BCUT2D eigenvalue weighted by Gasteiger charge is 2.48. The molecule has 4 rings (SSSR count). The first-order chi connectivity index (χ1) is 14.0. The van der Waals surface area contributed by atoms with Crippen molar-refractivity contribution in [2.45, 2.75) is 45.1 Å². The molecule has 0 atom stereocenters. The molecule has 2 fully saturated rings. The van der Waals surface area contributed by atoms with Crippen LogP contribution in [0.25, 0.3) is 11.1 Å². The van der Waals surface area contributed by atoms with Crippen molar-refractivity contribution in [3.8, 4) is 16.9 Å². The van der Waals surface area contributed by atoms with E-state index in [1.165, 1.54) is 12.8 Å². The smallest absolute Gasteiger partial charge is 0.256 e. The molecule has 1 saturated heterocycles. The van der Waals surface area contributed by atoms with Crippen molar-refractivity contribution in [3.63, 3.8) is 0 Å². The number of nitrogens with one attached hydrogen (secondary N) is 1. The maximum Gasteiger partial charge on any atom is 0.256 e. The minimum Gasteiger partial charge on any atom is -0.492 e. The van der Waals surface area contributed by atoms with E-state index in [2.05, 4.69) is 20.2 Å². The van der Waals surface area contributed by atoms with Gasteiger partial charge in [-0.3, -0.25) is 9.69 Å². The first-order valence-electron chi connectivity index (χ1n) is 10.3. The fourth-order valence-corrected chi connectivity index (χ4v) is 3.80. The number of likely N-dealkylation sites (tertiary alicyclic amines) is 1. The van der Waals surface area contributed by atoms with Gasteiger partial charge >= 0.3 is 0 Å². The summed E-state index contributed by atoms with van der Waals surface area (Å²) < 4.78 is 6.14. The summed E-state index contributed by atoms with van der Waals surface area (Å²) in [4.78, 5) is 23.3. The van der Waals surface area contributed by atoms with Gasteiger partial charge in [0.25, 0.3) is 5.91 Å². The number of ether oxygens (including phenoxy) is 1. The Morgan fingerprint density at radius 3 is 2.55 bits per heavy atom. The third-order valence-electron chi connectivity index (χ3n) is 5.74. The second kappa shape index (κ2) is 8.08. The van der Waals surface area contributed by atoms with Gasteiger partial charge in [0.1, 0.15) is 24.3 Å².